The number of anilines is 1. The number of nitrogens with zero attached hydrogens (tertiary/aromatic N) is 4. The van der Waals surface area contributed by atoms with Crippen molar-refractivity contribution in [3.63, 3.8) is 0 Å². The van der Waals surface area contributed by atoms with E-state index in [4.69, 9.17) is 14.4 Å². The Balaban J connectivity index is 0.000000537. The number of pyridine rings is 1. The number of aliphatic carboxylic acids is 1. The van der Waals surface area contributed by atoms with Gasteiger partial charge in [-0.2, -0.15) is 18.3 Å². The lowest BCUT2D eigenvalue weighted by atomic mass is 9.93. The highest BCUT2D eigenvalue weighted by atomic mass is 32.2. The van der Waals surface area contributed by atoms with E-state index in [1.807, 2.05) is 18.2 Å². The van der Waals surface area contributed by atoms with Crippen molar-refractivity contribution < 1.29 is 44.8 Å². The van der Waals surface area contributed by atoms with Gasteiger partial charge in [-0.3, -0.25) is 14.4 Å². The van der Waals surface area contributed by atoms with Crippen LogP contribution in [0, 0.1) is 11.6 Å². The van der Waals surface area contributed by atoms with Gasteiger partial charge in [0.2, 0.25) is 0 Å². The third-order valence-corrected chi connectivity index (χ3v) is 7.89. The Morgan fingerprint density at radius 1 is 0.891 bits per heavy atom. The van der Waals surface area contributed by atoms with Crippen molar-refractivity contribution in [1.82, 2.24) is 19.9 Å². The molecule has 6 rings (SSSR count). The molecule has 0 radical (unpaired) electrons. The Hall–Kier alpha value is -5.64. The number of benzene rings is 3. The van der Waals surface area contributed by atoms with E-state index in [-0.39, 0.29) is 10.7 Å². The molecule has 0 amide bonds. The summed E-state index contributed by atoms with van der Waals surface area (Å²) in [6.07, 6.45) is -0.558. The molecule has 0 atom stereocenters. The maximum Gasteiger partial charge on any atom is 0.490 e. The van der Waals surface area contributed by atoms with Crippen LogP contribution in [0.4, 0.5) is 27.8 Å². The van der Waals surface area contributed by atoms with Gasteiger partial charge >= 0.3 is 12.1 Å². The molecule has 0 saturated carbocycles. The molecule has 10 nitrogen and oxygen atoms in total. The smallest absolute Gasteiger partial charge is 0.475 e. The zero-order valence-corrected chi connectivity index (χ0v) is 24.1. The predicted molar refractivity (Wildman–Crippen MR) is 156 cm³/mol. The fourth-order valence-corrected chi connectivity index (χ4v) is 5.53. The van der Waals surface area contributed by atoms with Crippen LogP contribution < -0.4 is 4.72 Å². The number of aromatic nitrogens is 4. The number of rotatable bonds is 6. The van der Waals surface area contributed by atoms with E-state index >= 15 is 0 Å². The third-order valence-electron chi connectivity index (χ3n) is 6.53. The number of nitrogens with one attached hydrogen (secondary N) is 1. The molecule has 2 N–H and O–H groups in total. The number of fused-ring (bicyclic) bond motifs is 1. The molecule has 3 heterocycles. The molecule has 3 aromatic carbocycles. The SMILES string of the molecule is Cn1nccc1-c1cc(-c2cc(F)cc(F)c2)ccc1-c1nccc2cc(S(=O)(=O)Nc3ccon3)ccc12.O=C(O)C(F)(F)F. The summed E-state index contributed by atoms with van der Waals surface area (Å²) in [5.74, 6) is -4.02. The van der Waals surface area contributed by atoms with Crippen LogP contribution in [-0.4, -0.2) is 45.6 Å². The Bertz CT molecular complexity index is 2150. The summed E-state index contributed by atoms with van der Waals surface area (Å²) in [7, 11) is -2.12. The first-order chi connectivity index (χ1) is 21.7. The van der Waals surface area contributed by atoms with Gasteiger partial charge in [-0.1, -0.05) is 23.4 Å². The average Bonchev–Trinajstić information content (AvgIpc) is 3.67. The van der Waals surface area contributed by atoms with Gasteiger partial charge in [0.05, 0.1) is 16.3 Å². The van der Waals surface area contributed by atoms with Crippen LogP contribution in [0.5, 0.6) is 0 Å². The number of hydrogen-bond acceptors (Lipinski definition) is 7. The molecule has 6 aromatic rings. The van der Waals surface area contributed by atoms with Crippen molar-refractivity contribution in [3.05, 3.63) is 103 Å². The Kier molecular flexibility index (Phi) is 8.56. The van der Waals surface area contributed by atoms with Crippen LogP contribution in [0.15, 0.2) is 101 Å². The summed E-state index contributed by atoms with van der Waals surface area (Å²) in [4.78, 5) is 13.6. The summed E-state index contributed by atoms with van der Waals surface area (Å²) >= 11 is 0. The normalized spacial score (nSPS) is 11.6. The second kappa shape index (κ2) is 12.4. The summed E-state index contributed by atoms with van der Waals surface area (Å²) < 4.78 is 94.2. The van der Waals surface area contributed by atoms with Gasteiger partial charge < -0.3 is 9.63 Å². The van der Waals surface area contributed by atoms with Gasteiger partial charge in [-0.25, -0.2) is 22.0 Å². The maximum atomic E-state index is 14.0. The van der Waals surface area contributed by atoms with Crippen molar-refractivity contribution >= 4 is 32.6 Å². The molecule has 0 bridgehead atoms. The first-order valence-corrected chi connectivity index (χ1v) is 14.4. The second-order valence-corrected chi connectivity index (χ2v) is 11.3. The molecule has 0 unspecified atom stereocenters. The molecule has 0 fully saturated rings. The van der Waals surface area contributed by atoms with E-state index in [9.17, 15) is 30.4 Å². The van der Waals surface area contributed by atoms with Crippen LogP contribution in [0.2, 0.25) is 0 Å². The van der Waals surface area contributed by atoms with E-state index in [0.29, 0.717) is 27.6 Å². The Labute approximate surface area is 256 Å². The van der Waals surface area contributed by atoms with Gasteiger partial charge in [0, 0.05) is 48.1 Å². The monoisotopic (exact) mass is 657 g/mol. The summed E-state index contributed by atoms with van der Waals surface area (Å²) in [6, 6.07) is 18.5. The first-order valence-electron chi connectivity index (χ1n) is 12.9. The maximum absolute atomic E-state index is 14.0. The van der Waals surface area contributed by atoms with Gasteiger partial charge in [-0.15, -0.1) is 0 Å². The van der Waals surface area contributed by atoms with Crippen LogP contribution in [0.1, 0.15) is 0 Å². The minimum atomic E-state index is -5.08. The zero-order valence-electron chi connectivity index (χ0n) is 23.3. The fourth-order valence-electron chi connectivity index (χ4n) is 4.50. The first kappa shape index (κ1) is 31.8. The molecule has 236 valence electrons. The molecule has 0 aliphatic rings. The molecular formula is C30H20F5N5O5S. The molecule has 3 aromatic heterocycles. The predicted octanol–water partition coefficient (Wildman–Crippen LogP) is 6.67. The van der Waals surface area contributed by atoms with Crippen LogP contribution >= 0.6 is 0 Å². The number of carbonyl (C=O) groups is 1. The topological polar surface area (TPSA) is 140 Å². The fraction of sp³-hybridized carbons (Fsp3) is 0.0667. The van der Waals surface area contributed by atoms with E-state index in [1.54, 1.807) is 48.4 Å². The molecule has 0 aliphatic heterocycles. The number of alkyl halides is 3. The minimum Gasteiger partial charge on any atom is -0.475 e. The highest BCUT2D eigenvalue weighted by Gasteiger charge is 2.38. The average molecular weight is 658 g/mol. The lowest BCUT2D eigenvalue weighted by Crippen LogP contribution is -2.21. The van der Waals surface area contributed by atoms with E-state index in [1.165, 1.54) is 30.5 Å². The van der Waals surface area contributed by atoms with Crippen molar-refractivity contribution in [3.8, 4) is 33.6 Å². The molecule has 16 heteroatoms. The molecule has 0 aliphatic carbocycles. The van der Waals surface area contributed by atoms with Crippen LogP contribution in [-0.2, 0) is 21.9 Å². The van der Waals surface area contributed by atoms with E-state index < -0.39 is 33.8 Å². The third kappa shape index (κ3) is 6.86. The van der Waals surface area contributed by atoms with Crippen LogP contribution in [0.3, 0.4) is 0 Å². The number of aryl methyl sites for hydroxylation is 1. The van der Waals surface area contributed by atoms with Crippen molar-refractivity contribution in [2.24, 2.45) is 7.05 Å². The molecule has 46 heavy (non-hydrogen) atoms. The van der Waals surface area contributed by atoms with E-state index in [0.717, 1.165) is 22.9 Å². The molecule has 0 saturated heterocycles. The standard InChI is InChI=1S/C28H19F2N5O3S.C2HF3O2/c1-35-26(7-10-32-35)25-15-17(19-12-20(29)16-21(30)13-19)2-4-24(25)28-23-5-3-22(14-18(23)6-9-31-28)39(36,37)34-27-8-11-38-33-27;3-2(4,5)1(6)7/h2-16H,1H3,(H,33,34);(H,6,7). The minimum absolute atomic E-state index is 0.0467. The molecule has 0 spiro atoms. The lowest BCUT2D eigenvalue weighted by molar-refractivity contribution is -0.192. The van der Waals surface area contributed by atoms with Crippen molar-refractivity contribution in [2.45, 2.75) is 11.1 Å². The van der Waals surface area contributed by atoms with Gasteiger partial charge in [0.15, 0.2) is 5.82 Å². The number of sulfonamides is 1. The number of carboxylic acids is 1. The Morgan fingerprint density at radius 2 is 1.61 bits per heavy atom. The highest BCUT2D eigenvalue weighted by Crippen LogP contribution is 2.38. The largest absolute Gasteiger partial charge is 0.490 e. The van der Waals surface area contributed by atoms with Gasteiger partial charge in [0.25, 0.3) is 10.0 Å². The number of hydrogen-bond donors (Lipinski definition) is 2. The van der Waals surface area contributed by atoms with Crippen LogP contribution in [0.25, 0.3) is 44.4 Å². The Morgan fingerprint density at radius 3 is 2.22 bits per heavy atom. The second-order valence-electron chi connectivity index (χ2n) is 9.59. The number of halogens is 5. The zero-order chi connectivity index (χ0) is 33.2. The van der Waals surface area contributed by atoms with E-state index in [2.05, 4.69) is 20.0 Å². The number of carboxylic acid groups (broad SMARTS) is 1. The summed E-state index contributed by atoms with van der Waals surface area (Å²) in [5, 5.41) is 16.4. The van der Waals surface area contributed by atoms with Gasteiger partial charge in [0.1, 0.15) is 17.9 Å². The lowest BCUT2D eigenvalue weighted by Gasteiger charge is -2.15. The van der Waals surface area contributed by atoms with Crippen molar-refractivity contribution in [2.75, 3.05) is 4.72 Å². The molecular weight excluding hydrogens is 637 g/mol. The quantitative estimate of drug-likeness (QED) is 0.189. The highest BCUT2D eigenvalue weighted by molar-refractivity contribution is 7.92. The van der Waals surface area contributed by atoms with Crippen molar-refractivity contribution in [1.29, 1.82) is 0 Å². The summed E-state index contributed by atoms with van der Waals surface area (Å²) in [6.45, 7) is 0. The van der Waals surface area contributed by atoms with Gasteiger partial charge in [-0.05, 0) is 59.0 Å². The summed E-state index contributed by atoms with van der Waals surface area (Å²) in [5.41, 5.74) is 3.85.